The Labute approximate surface area is 124 Å². The fourth-order valence-electron chi connectivity index (χ4n) is 2.06. The normalized spacial score (nSPS) is 13.5. The average molecular weight is 285 g/mol. The minimum atomic E-state index is -0.953. The Morgan fingerprint density at radius 1 is 1.10 bits per heavy atom. The molecule has 0 fully saturated rings. The lowest BCUT2D eigenvalue weighted by Crippen LogP contribution is -2.41. The van der Waals surface area contributed by atoms with E-state index in [0.29, 0.717) is 11.1 Å². The maximum Gasteiger partial charge on any atom is 0.251 e. The molecule has 0 aliphatic rings. The van der Waals surface area contributed by atoms with Gasteiger partial charge in [-0.2, -0.15) is 0 Å². The minimum Gasteiger partial charge on any atom is -0.394 e. The van der Waals surface area contributed by atoms with Crippen LogP contribution in [0.3, 0.4) is 0 Å². The van der Waals surface area contributed by atoms with Crippen molar-refractivity contribution in [2.45, 2.75) is 19.1 Å². The van der Waals surface area contributed by atoms with Crippen molar-refractivity contribution >= 4 is 5.91 Å². The molecule has 1 amide bonds. The van der Waals surface area contributed by atoms with Crippen LogP contribution in [0.15, 0.2) is 54.6 Å². The molecule has 0 spiro atoms. The van der Waals surface area contributed by atoms with Gasteiger partial charge in [0, 0.05) is 5.56 Å². The van der Waals surface area contributed by atoms with Crippen molar-refractivity contribution in [1.82, 2.24) is 5.32 Å². The first kappa shape index (κ1) is 15.2. The summed E-state index contributed by atoms with van der Waals surface area (Å²) in [5.41, 5.74) is 2.22. The fourth-order valence-corrected chi connectivity index (χ4v) is 2.06. The van der Waals surface area contributed by atoms with Crippen molar-refractivity contribution in [3.63, 3.8) is 0 Å². The highest BCUT2D eigenvalue weighted by Crippen LogP contribution is 2.16. The molecule has 2 aromatic rings. The van der Waals surface area contributed by atoms with Crippen molar-refractivity contribution in [3.8, 4) is 0 Å². The van der Waals surface area contributed by atoms with E-state index in [1.807, 2.05) is 25.1 Å². The van der Waals surface area contributed by atoms with Gasteiger partial charge in [0.05, 0.1) is 12.6 Å². The Balaban J connectivity index is 2.08. The zero-order chi connectivity index (χ0) is 15.2. The first-order valence-electron chi connectivity index (χ1n) is 6.83. The molecule has 0 aliphatic carbocycles. The van der Waals surface area contributed by atoms with Crippen LogP contribution >= 0.6 is 0 Å². The molecule has 0 aliphatic heterocycles. The molecule has 2 rings (SSSR count). The second-order valence-corrected chi connectivity index (χ2v) is 4.98. The molecular weight excluding hydrogens is 266 g/mol. The third-order valence-corrected chi connectivity index (χ3v) is 3.35. The number of aliphatic hydroxyl groups excluding tert-OH is 2. The highest BCUT2D eigenvalue weighted by atomic mass is 16.3. The maximum absolute atomic E-state index is 12.1. The van der Waals surface area contributed by atoms with Gasteiger partial charge in [-0.05, 0) is 24.6 Å². The van der Waals surface area contributed by atoms with Crippen LogP contribution in [0.2, 0.25) is 0 Å². The van der Waals surface area contributed by atoms with E-state index in [4.69, 9.17) is 0 Å². The third kappa shape index (κ3) is 3.90. The summed E-state index contributed by atoms with van der Waals surface area (Å²) in [4.78, 5) is 12.1. The fraction of sp³-hybridized carbons (Fsp3) is 0.235. The molecule has 0 aromatic heterocycles. The molecule has 2 aromatic carbocycles. The predicted octanol–water partition coefficient (Wildman–Crippen LogP) is 1.82. The van der Waals surface area contributed by atoms with Gasteiger partial charge in [-0.25, -0.2) is 0 Å². The van der Waals surface area contributed by atoms with Crippen LogP contribution in [0.5, 0.6) is 0 Å². The molecular formula is C17H19NO3. The zero-order valence-corrected chi connectivity index (χ0v) is 11.9. The number of rotatable bonds is 5. The van der Waals surface area contributed by atoms with Gasteiger partial charge in [0.1, 0.15) is 6.10 Å². The number of carbonyl (C=O) groups excluding carboxylic acids is 1. The van der Waals surface area contributed by atoms with Crippen molar-refractivity contribution in [2.75, 3.05) is 6.61 Å². The summed E-state index contributed by atoms with van der Waals surface area (Å²) in [5, 5.41) is 22.3. The van der Waals surface area contributed by atoms with E-state index >= 15 is 0 Å². The van der Waals surface area contributed by atoms with E-state index in [9.17, 15) is 15.0 Å². The van der Waals surface area contributed by atoms with E-state index < -0.39 is 12.1 Å². The van der Waals surface area contributed by atoms with Gasteiger partial charge in [-0.3, -0.25) is 4.79 Å². The molecule has 0 heterocycles. The van der Waals surface area contributed by atoms with Crippen LogP contribution in [0, 0.1) is 6.92 Å². The minimum absolute atomic E-state index is 0.316. The van der Waals surface area contributed by atoms with E-state index in [0.717, 1.165) is 5.56 Å². The predicted molar refractivity (Wildman–Crippen MR) is 80.9 cm³/mol. The highest BCUT2D eigenvalue weighted by molar-refractivity contribution is 5.94. The quantitative estimate of drug-likeness (QED) is 0.785. The number of carbonyl (C=O) groups is 1. The lowest BCUT2D eigenvalue weighted by atomic mass is 10.0. The van der Waals surface area contributed by atoms with Crippen LogP contribution in [0.25, 0.3) is 0 Å². The van der Waals surface area contributed by atoms with Crippen LogP contribution in [-0.2, 0) is 0 Å². The van der Waals surface area contributed by atoms with E-state index in [-0.39, 0.29) is 12.5 Å². The van der Waals surface area contributed by atoms with Crippen molar-refractivity contribution in [2.24, 2.45) is 0 Å². The highest BCUT2D eigenvalue weighted by Gasteiger charge is 2.22. The second-order valence-electron chi connectivity index (χ2n) is 4.98. The molecule has 2 atom stereocenters. The number of nitrogens with one attached hydrogen (secondary N) is 1. The van der Waals surface area contributed by atoms with Gasteiger partial charge < -0.3 is 15.5 Å². The topological polar surface area (TPSA) is 69.6 Å². The van der Waals surface area contributed by atoms with Gasteiger partial charge in [0.2, 0.25) is 0 Å². The zero-order valence-electron chi connectivity index (χ0n) is 11.9. The lowest BCUT2D eigenvalue weighted by Gasteiger charge is -2.22. The van der Waals surface area contributed by atoms with Crippen molar-refractivity contribution in [3.05, 3.63) is 71.3 Å². The van der Waals surface area contributed by atoms with E-state index in [1.54, 1.807) is 36.4 Å². The standard InChI is InChI=1S/C17H19NO3/c1-12-7-9-14(10-8-12)17(21)18-15(11-19)16(20)13-5-3-2-4-6-13/h2-10,15-16,19-20H,11H2,1H3,(H,18,21)/t15-,16-/m0/s1. The Kier molecular flexibility index (Phi) is 5.09. The van der Waals surface area contributed by atoms with Gasteiger partial charge in [-0.1, -0.05) is 48.0 Å². The first-order chi connectivity index (χ1) is 10.1. The SMILES string of the molecule is Cc1ccc(C(=O)N[C@@H](CO)[C@@H](O)c2ccccc2)cc1. The molecule has 4 nitrogen and oxygen atoms in total. The summed E-state index contributed by atoms with van der Waals surface area (Å²) < 4.78 is 0. The number of hydrogen-bond acceptors (Lipinski definition) is 3. The number of aliphatic hydroxyl groups is 2. The molecule has 0 bridgehead atoms. The number of amides is 1. The van der Waals surface area contributed by atoms with Gasteiger partial charge in [-0.15, -0.1) is 0 Å². The summed E-state index contributed by atoms with van der Waals surface area (Å²) in [5.74, 6) is -0.316. The molecule has 110 valence electrons. The van der Waals surface area contributed by atoms with Gasteiger partial charge in [0.25, 0.3) is 5.91 Å². The van der Waals surface area contributed by atoms with E-state index in [1.165, 1.54) is 0 Å². The Bertz CT molecular complexity index is 581. The van der Waals surface area contributed by atoms with Crippen molar-refractivity contribution in [1.29, 1.82) is 0 Å². The molecule has 0 saturated carbocycles. The smallest absolute Gasteiger partial charge is 0.251 e. The number of hydrogen-bond donors (Lipinski definition) is 3. The molecule has 0 radical (unpaired) electrons. The molecule has 3 N–H and O–H groups in total. The van der Waals surface area contributed by atoms with Crippen molar-refractivity contribution < 1.29 is 15.0 Å². The molecule has 4 heteroatoms. The average Bonchev–Trinajstić information content (AvgIpc) is 2.53. The summed E-state index contributed by atoms with van der Waals surface area (Å²) in [6.45, 7) is 1.60. The molecule has 21 heavy (non-hydrogen) atoms. The summed E-state index contributed by atoms with van der Waals surface area (Å²) in [6, 6.07) is 15.3. The Hall–Kier alpha value is -2.17. The lowest BCUT2D eigenvalue weighted by molar-refractivity contribution is 0.0703. The first-order valence-corrected chi connectivity index (χ1v) is 6.83. The van der Waals surface area contributed by atoms with Crippen LogP contribution in [-0.4, -0.2) is 28.8 Å². The largest absolute Gasteiger partial charge is 0.394 e. The van der Waals surface area contributed by atoms with E-state index in [2.05, 4.69) is 5.32 Å². The van der Waals surface area contributed by atoms with Crippen LogP contribution < -0.4 is 5.32 Å². The summed E-state index contributed by atoms with van der Waals surface area (Å²) in [6.07, 6.45) is -0.953. The molecule has 0 saturated heterocycles. The second kappa shape index (κ2) is 7.02. The van der Waals surface area contributed by atoms with Gasteiger partial charge >= 0.3 is 0 Å². The number of aryl methyl sites for hydroxylation is 1. The van der Waals surface area contributed by atoms with Gasteiger partial charge in [0.15, 0.2) is 0 Å². The summed E-state index contributed by atoms with van der Waals surface area (Å²) in [7, 11) is 0. The van der Waals surface area contributed by atoms with Crippen LogP contribution in [0.1, 0.15) is 27.6 Å². The number of benzene rings is 2. The molecule has 0 unspecified atom stereocenters. The van der Waals surface area contributed by atoms with Crippen LogP contribution in [0.4, 0.5) is 0 Å². The monoisotopic (exact) mass is 285 g/mol. The third-order valence-electron chi connectivity index (χ3n) is 3.35. The summed E-state index contributed by atoms with van der Waals surface area (Å²) >= 11 is 0. The Morgan fingerprint density at radius 3 is 2.29 bits per heavy atom. The Morgan fingerprint density at radius 2 is 1.71 bits per heavy atom. The maximum atomic E-state index is 12.1.